The molecule has 0 aliphatic rings. The SMILES string of the molecule is Cc1cccc(CNC(=O)c2cccc(N)c2[N+](=O)[O-])c1. The van der Waals surface area contributed by atoms with Crippen molar-refractivity contribution in [2.24, 2.45) is 0 Å². The predicted octanol–water partition coefficient (Wildman–Crippen LogP) is 2.42. The van der Waals surface area contributed by atoms with Crippen molar-refractivity contribution in [3.63, 3.8) is 0 Å². The van der Waals surface area contributed by atoms with E-state index in [0.717, 1.165) is 11.1 Å². The summed E-state index contributed by atoms with van der Waals surface area (Å²) in [4.78, 5) is 22.5. The minimum Gasteiger partial charge on any atom is -0.393 e. The van der Waals surface area contributed by atoms with Gasteiger partial charge < -0.3 is 11.1 Å². The Labute approximate surface area is 121 Å². The third kappa shape index (κ3) is 3.36. The Morgan fingerprint density at radius 3 is 2.67 bits per heavy atom. The lowest BCUT2D eigenvalue weighted by atomic mass is 10.1. The number of anilines is 1. The van der Waals surface area contributed by atoms with E-state index in [9.17, 15) is 14.9 Å². The van der Waals surface area contributed by atoms with E-state index in [2.05, 4.69) is 5.32 Å². The number of aryl methyl sites for hydroxylation is 1. The van der Waals surface area contributed by atoms with Gasteiger partial charge in [0.05, 0.1) is 4.92 Å². The molecule has 0 spiro atoms. The minimum atomic E-state index is -0.642. The minimum absolute atomic E-state index is 0.0248. The van der Waals surface area contributed by atoms with E-state index in [0.29, 0.717) is 6.54 Å². The molecule has 0 heterocycles. The summed E-state index contributed by atoms with van der Waals surface area (Å²) >= 11 is 0. The zero-order valence-electron chi connectivity index (χ0n) is 11.5. The number of nitro benzene ring substituents is 1. The molecule has 0 aromatic heterocycles. The summed E-state index contributed by atoms with van der Waals surface area (Å²) in [6.45, 7) is 2.25. The molecule has 0 aliphatic carbocycles. The highest BCUT2D eigenvalue weighted by Crippen LogP contribution is 2.25. The smallest absolute Gasteiger partial charge is 0.304 e. The van der Waals surface area contributed by atoms with E-state index >= 15 is 0 Å². The van der Waals surface area contributed by atoms with E-state index < -0.39 is 10.8 Å². The van der Waals surface area contributed by atoms with Gasteiger partial charge in [-0.3, -0.25) is 14.9 Å². The maximum Gasteiger partial charge on any atom is 0.304 e. The molecular weight excluding hydrogens is 270 g/mol. The van der Waals surface area contributed by atoms with Crippen LogP contribution in [-0.4, -0.2) is 10.8 Å². The lowest BCUT2D eigenvalue weighted by molar-refractivity contribution is -0.384. The van der Waals surface area contributed by atoms with Gasteiger partial charge in [0.25, 0.3) is 5.91 Å². The fourth-order valence-electron chi connectivity index (χ4n) is 2.05. The van der Waals surface area contributed by atoms with Crippen molar-refractivity contribution in [2.45, 2.75) is 13.5 Å². The standard InChI is InChI=1S/C15H15N3O3/c1-10-4-2-5-11(8-10)9-17-15(19)12-6-3-7-13(16)14(12)18(20)21/h2-8H,9,16H2,1H3,(H,17,19). The number of nitrogens with one attached hydrogen (secondary N) is 1. The summed E-state index contributed by atoms with van der Waals surface area (Å²) in [6, 6.07) is 12.0. The summed E-state index contributed by atoms with van der Waals surface area (Å²) in [5, 5.41) is 13.7. The molecule has 6 nitrogen and oxygen atoms in total. The van der Waals surface area contributed by atoms with Gasteiger partial charge in [-0.25, -0.2) is 0 Å². The third-order valence-electron chi connectivity index (χ3n) is 3.03. The molecule has 2 aromatic carbocycles. The Hall–Kier alpha value is -2.89. The van der Waals surface area contributed by atoms with E-state index in [1.165, 1.54) is 18.2 Å². The summed E-state index contributed by atoms with van der Waals surface area (Å²) in [6.07, 6.45) is 0. The van der Waals surface area contributed by atoms with Crippen LogP contribution < -0.4 is 11.1 Å². The first kappa shape index (κ1) is 14.5. The largest absolute Gasteiger partial charge is 0.393 e. The molecule has 0 unspecified atom stereocenters. The zero-order valence-corrected chi connectivity index (χ0v) is 11.5. The molecule has 0 atom stereocenters. The van der Waals surface area contributed by atoms with Gasteiger partial charge in [0.15, 0.2) is 0 Å². The maximum atomic E-state index is 12.1. The molecule has 0 bridgehead atoms. The number of benzene rings is 2. The zero-order chi connectivity index (χ0) is 15.4. The van der Waals surface area contributed by atoms with Crippen molar-refractivity contribution < 1.29 is 9.72 Å². The van der Waals surface area contributed by atoms with Crippen LogP contribution in [0.25, 0.3) is 0 Å². The van der Waals surface area contributed by atoms with Crippen molar-refractivity contribution >= 4 is 17.3 Å². The fourth-order valence-corrected chi connectivity index (χ4v) is 2.05. The average molecular weight is 285 g/mol. The van der Waals surface area contributed by atoms with Gasteiger partial charge in [0.1, 0.15) is 11.3 Å². The molecule has 6 heteroatoms. The molecule has 0 aliphatic heterocycles. The number of amides is 1. The van der Waals surface area contributed by atoms with E-state index in [-0.39, 0.29) is 16.9 Å². The van der Waals surface area contributed by atoms with Crippen molar-refractivity contribution in [3.8, 4) is 0 Å². The first-order valence-corrected chi connectivity index (χ1v) is 6.35. The Morgan fingerprint density at radius 1 is 1.29 bits per heavy atom. The highest BCUT2D eigenvalue weighted by Gasteiger charge is 2.22. The van der Waals surface area contributed by atoms with Crippen LogP contribution in [0, 0.1) is 17.0 Å². The molecule has 0 saturated carbocycles. The van der Waals surface area contributed by atoms with Crippen LogP contribution in [0.4, 0.5) is 11.4 Å². The highest BCUT2D eigenvalue weighted by atomic mass is 16.6. The predicted molar refractivity (Wildman–Crippen MR) is 79.9 cm³/mol. The second-order valence-corrected chi connectivity index (χ2v) is 4.67. The number of rotatable bonds is 4. The molecule has 2 rings (SSSR count). The van der Waals surface area contributed by atoms with Crippen LogP contribution in [0.5, 0.6) is 0 Å². The first-order chi connectivity index (χ1) is 9.99. The van der Waals surface area contributed by atoms with E-state index in [4.69, 9.17) is 5.73 Å². The number of nitrogen functional groups attached to an aromatic ring is 1. The van der Waals surface area contributed by atoms with Crippen LogP contribution >= 0.6 is 0 Å². The van der Waals surface area contributed by atoms with Gasteiger partial charge in [-0.15, -0.1) is 0 Å². The topological polar surface area (TPSA) is 98.3 Å². The van der Waals surface area contributed by atoms with Crippen molar-refractivity contribution in [2.75, 3.05) is 5.73 Å². The number of nitro groups is 1. The van der Waals surface area contributed by atoms with Gasteiger partial charge in [-0.05, 0) is 24.6 Å². The van der Waals surface area contributed by atoms with Gasteiger partial charge in [0, 0.05) is 6.54 Å². The Morgan fingerprint density at radius 2 is 2.00 bits per heavy atom. The molecule has 0 radical (unpaired) electrons. The number of hydrogen-bond acceptors (Lipinski definition) is 4. The van der Waals surface area contributed by atoms with Crippen LogP contribution in [0.3, 0.4) is 0 Å². The monoisotopic (exact) mass is 285 g/mol. The number of nitrogens with two attached hydrogens (primary N) is 1. The van der Waals surface area contributed by atoms with Crippen molar-refractivity contribution in [3.05, 3.63) is 69.3 Å². The number of carbonyl (C=O) groups is 1. The fraction of sp³-hybridized carbons (Fsp3) is 0.133. The molecule has 3 N–H and O–H groups in total. The van der Waals surface area contributed by atoms with Crippen LogP contribution in [0.15, 0.2) is 42.5 Å². The molecule has 0 saturated heterocycles. The Bertz CT molecular complexity index is 698. The molecule has 2 aromatic rings. The summed E-state index contributed by atoms with van der Waals surface area (Å²) in [7, 11) is 0. The first-order valence-electron chi connectivity index (χ1n) is 6.35. The molecular formula is C15H15N3O3. The van der Waals surface area contributed by atoms with Gasteiger partial charge in [-0.2, -0.15) is 0 Å². The Kier molecular flexibility index (Phi) is 4.18. The van der Waals surface area contributed by atoms with Gasteiger partial charge in [0.2, 0.25) is 0 Å². The van der Waals surface area contributed by atoms with Crippen LogP contribution in [0.2, 0.25) is 0 Å². The summed E-state index contributed by atoms with van der Waals surface area (Å²) in [5.41, 5.74) is 7.15. The number of para-hydroxylation sites is 1. The third-order valence-corrected chi connectivity index (χ3v) is 3.03. The van der Waals surface area contributed by atoms with E-state index in [1.807, 2.05) is 31.2 Å². The maximum absolute atomic E-state index is 12.1. The summed E-state index contributed by atoms with van der Waals surface area (Å²) < 4.78 is 0. The lowest BCUT2D eigenvalue weighted by Crippen LogP contribution is -2.24. The van der Waals surface area contributed by atoms with Gasteiger partial charge in [-0.1, -0.05) is 35.9 Å². The van der Waals surface area contributed by atoms with Gasteiger partial charge >= 0.3 is 5.69 Å². The molecule has 21 heavy (non-hydrogen) atoms. The number of nitrogens with zero attached hydrogens (tertiary/aromatic N) is 1. The highest BCUT2D eigenvalue weighted by molar-refractivity contribution is 6.00. The van der Waals surface area contributed by atoms with Crippen molar-refractivity contribution in [1.29, 1.82) is 0 Å². The molecule has 1 amide bonds. The van der Waals surface area contributed by atoms with Crippen molar-refractivity contribution in [1.82, 2.24) is 5.32 Å². The average Bonchev–Trinajstić information content (AvgIpc) is 2.44. The lowest BCUT2D eigenvalue weighted by Gasteiger charge is -2.07. The Balaban J connectivity index is 2.18. The number of carbonyl (C=O) groups excluding carboxylic acids is 1. The van der Waals surface area contributed by atoms with Crippen LogP contribution in [0.1, 0.15) is 21.5 Å². The normalized spacial score (nSPS) is 10.1. The number of hydrogen-bond donors (Lipinski definition) is 2. The quantitative estimate of drug-likeness (QED) is 0.512. The second kappa shape index (κ2) is 6.04. The van der Waals surface area contributed by atoms with E-state index in [1.54, 1.807) is 0 Å². The summed E-state index contributed by atoms with van der Waals surface area (Å²) in [5.74, 6) is -0.518. The van der Waals surface area contributed by atoms with Crippen LogP contribution in [-0.2, 0) is 6.54 Å². The molecule has 0 fully saturated rings. The second-order valence-electron chi connectivity index (χ2n) is 4.67. The molecule has 108 valence electrons.